The third-order valence-corrected chi connectivity index (χ3v) is 2.72. The summed E-state index contributed by atoms with van der Waals surface area (Å²) in [6.45, 7) is 10.8. The highest BCUT2D eigenvalue weighted by Crippen LogP contribution is 2.20. The van der Waals surface area contributed by atoms with Gasteiger partial charge in [0.15, 0.2) is 0 Å². The minimum absolute atomic E-state index is 0.400. The first-order valence-electron chi connectivity index (χ1n) is 6.13. The summed E-state index contributed by atoms with van der Waals surface area (Å²) in [5, 5.41) is 0. The van der Waals surface area contributed by atoms with E-state index in [1.165, 1.54) is 42.4 Å². The van der Waals surface area contributed by atoms with Crippen molar-refractivity contribution >= 4 is 0 Å². The lowest BCUT2D eigenvalue weighted by Gasteiger charge is -2.11. The monoisotopic (exact) mass is 203 g/mol. The molecule has 0 saturated carbocycles. The minimum Gasteiger partial charge on any atom is -0.0651 e. The molecule has 0 heterocycles. The highest BCUT2D eigenvalue weighted by atomic mass is 14.1. The van der Waals surface area contributed by atoms with Gasteiger partial charge in [-0.3, -0.25) is 0 Å². The van der Waals surface area contributed by atoms with E-state index in [-0.39, 0.29) is 0 Å². The van der Waals surface area contributed by atoms with Gasteiger partial charge in [-0.25, -0.2) is 0 Å². The van der Waals surface area contributed by atoms with Crippen LogP contribution >= 0.6 is 0 Å². The summed E-state index contributed by atoms with van der Waals surface area (Å²) in [5.41, 5.74) is 4.35. The van der Waals surface area contributed by atoms with Crippen LogP contribution in [0.4, 0.5) is 0 Å². The van der Waals surface area contributed by atoms with Crippen LogP contribution in [0.5, 0.6) is 0 Å². The fourth-order valence-electron chi connectivity index (χ4n) is 1.94. The average molecular weight is 203 g/mol. The van der Waals surface area contributed by atoms with Gasteiger partial charge in [0.05, 0.1) is 0 Å². The average Bonchev–Trinajstić information content (AvgIpc) is 2.18. The van der Waals surface area contributed by atoms with Gasteiger partial charge in [-0.1, -0.05) is 51.8 Å². The smallest absolute Gasteiger partial charge is 0.0190 e. The van der Waals surface area contributed by atoms with E-state index in [0.717, 1.165) is 0 Å². The van der Waals surface area contributed by atoms with E-state index in [4.69, 9.17) is 0 Å². The van der Waals surface area contributed by atoms with Crippen LogP contribution < -0.4 is 0 Å². The minimum atomic E-state index is 0.400. The molecular formula is C15H23. The summed E-state index contributed by atoms with van der Waals surface area (Å²) in [6.07, 6.45) is 4.83. The van der Waals surface area contributed by atoms with E-state index >= 15 is 0 Å². The predicted octanol–water partition coefficient (Wildman–Crippen LogP) is 4.53. The highest BCUT2D eigenvalue weighted by Gasteiger charge is 2.03. The van der Waals surface area contributed by atoms with Crippen molar-refractivity contribution in [3.05, 3.63) is 41.8 Å². The zero-order chi connectivity index (χ0) is 11.3. The van der Waals surface area contributed by atoms with E-state index < -0.39 is 0 Å². The maximum absolute atomic E-state index is 4.11. The lowest BCUT2D eigenvalue weighted by molar-refractivity contribution is 0.875. The van der Waals surface area contributed by atoms with Gasteiger partial charge in [0, 0.05) is 0 Å². The Kier molecular flexibility index (Phi) is 4.87. The van der Waals surface area contributed by atoms with Crippen molar-refractivity contribution in [2.24, 2.45) is 0 Å². The Balaban J connectivity index is 2.97. The predicted molar refractivity (Wildman–Crippen MR) is 68.2 cm³/mol. The molecule has 0 nitrogen and oxygen atoms in total. The standard InChI is InChI=1S/C15H23/c1-5-7-13-9-14(8-6-2)11-15(10-13)12(3)4/h9-12H,3,5-8H2,1-2,4H3. The number of aryl methyl sites for hydroxylation is 2. The van der Waals surface area contributed by atoms with Crippen LogP contribution in [0.15, 0.2) is 18.2 Å². The van der Waals surface area contributed by atoms with E-state index in [1.54, 1.807) is 0 Å². The molecule has 1 unspecified atom stereocenters. The normalized spacial score (nSPS) is 11.0. The molecule has 0 fully saturated rings. The Morgan fingerprint density at radius 3 is 1.80 bits per heavy atom. The van der Waals surface area contributed by atoms with Crippen LogP contribution in [0, 0.1) is 6.92 Å². The molecule has 15 heavy (non-hydrogen) atoms. The summed E-state index contributed by atoms with van der Waals surface area (Å²) in [4.78, 5) is 0. The van der Waals surface area contributed by atoms with Crippen LogP contribution in [0.25, 0.3) is 0 Å². The molecule has 0 N–H and O–H groups in total. The quantitative estimate of drug-likeness (QED) is 0.659. The second kappa shape index (κ2) is 5.95. The molecule has 0 spiro atoms. The van der Waals surface area contributed by atoms with Crippen LogP contribution in [0.1, 0.15) is 56.2 Å². The van der Waals surface area contributed by atoms with E-state index in [1.807, 2.05) is 0 Å². The topological polar surface area (TPSA) is 0 Å². The van der Waals surface area contributed by atoms with Crippen LogP contribution in [-0.4, -0.2) is 0 Å². The van der Waals surface area contributed by atoms with Gasteiger partial charge in [-0.05, 0) is 42.4 Å². The maximum atomic E-state index is 4.11. The summed E-state index contributed by atoms with van der Waals surface area (Å²) >= 11 is 0. The molecule has 1 radical (unpaired) electrons. The Bertz CT molecular complexity index is 273. The van der Waals surface area contributed by atoms with Crippen molar-refractivity contribution in [2.75, 3.05) is 0 Å². The van der Waals surface area contributed by atoms with Crippen molar-refractivity contribution < 1.29 is 0 Å². The molecule has 0 aromatic heterocycles. The van der Waals surface area contributed by atoms with Gasteiger partial charge >= 0.3 is 0 Å². The van der Waals surface area contributed by atoms with Crippen LogP contribution in [0.3, 0.4) is 0 Å². The number of hydrogen-bond acceptors (Lipinski definition) is 0. The van der Waals surface area contributed by atoms with E-state index in [2.05, 4.69) is 45.9 Å². The molecule has 1 rings (SSSR count). The van der Waals surface area contributed by atoms with Crippen molar-refractivity contribution in [1.82, 2.24) is 0 Å². The molecule has 1 atom stereocenters. The number of rotatable bonds is 5. The summed E-state index contributed by atoms with van der Waals surface area (Å²) in [5.74, 6) is 0.400. The van der Waals surface area contributed by atoms with Crippen LogP contribution in [-0.2, 0) is 12.8 Å². The molecule has 0 aliphatic carbocycles. The van der Waals surface area contributed by atoms with Crippen molar-refractivity contribution in [3.8, 4) is 0 Å². The van der Waals surface area contributed by atoms with Gasteiger partial charge in [-0.15, -0.1) is 0 Å². The zero-order valence-corrected chi connectivity index (χ0v) is 10.3. The summed E-state index contributed by atoms with van der Waals surface area (Å²) in [7, 11) is 0. The first-order valence-corrected chi connectivity index (χ1v) is 6.13. The maximum Gasteiger partial charge on any atom is -0.0190 e. The molecule has 0 saturated heterocycles. The molecule has 0 heteroatoms. The Morgan fingerprint density at radius 1 is 1.00 bits per heavy atom. The van der Waals surface area contributed by atoms with Crippen LogP contribution in [0.2, 0.25) is 0 Å². The molecule has 0 bridgehead atoms. The lowest BCUT2D eigenvalue weighted by Crippen LogP contribution is -1.95. The van der Waals surface area contributed by atoms with Gasteiger partial charge in [-0.2, -0.15) is 0 Å². The van der Waals surface area contributed by atoms with Crippen molar-refractivity contribution in [2.45, 2.75) is 52.4 Å². The fourth-order valence-corrected chi connectivity index (χ4v) is 1.94. The third-order valence-electron chi connectivity index (χ3n) is 2.72. The highest BCUT2D eigenvalue weighted by molar-refractivity contribution is 5.32. The molecule has 0 amide bonds. The second-order valence-corrected chi connectivity index (χ2v) is 4.48. The molecule has 1 aromatic rings. The summed E-state index contributed by atoms with van der Waals surface area (Å²) in [6, 6.07) is 7.00. The summed E-state index contributed by atoms with van der Waals surface area (Å²) < 4.78 is 0. The molecule has 0 aliphatic rings. The molecule has 83 valence electrons. The molecule has 1 aromatic carbocycles. The SMILES string of the molecule is [CH2]C(C)c1cc(CCC)cc(CCC)c1. The zero-order valence-electron chi connectivity index (χ0n) is 10.3. The Morgan fingerprint density at radius 2 is 1.47 bits per heavy atom. The van der Waals surface area contributed by atoms with Gasteiger partial charge in [0.2, 0.25) is 0 Å². The first-order chi connectivity index (χ1) is 7.17. The van der Waals surface area contributed by atoms with Gasteiger partial charge in [0.25, 0.3) is 0 Å². The number of benzene rings is 1. The number of hydrogen-bond donors (Lipinski definition) is 0. The van der Waals surface area contributed by atoms with Gasteiger partial charge < -0.3 is 0 Å². The third kappa shape index (κ3) is 3.70. The molecule has 0 aliphatic heterocycles. The van der Waals surface area contributed by atoms with E-state index in [9.17, 15) is 0 Å². The fraction of sp³-hybridized carbons (Fsp3) is 0.533. The molecular weight excluding hydrogens is 180 g/mol. The Labute approximate surface area is 94.7 Å². The van der Waals surface area contributed by atoms with Crippen molar-refractivity contribution in [1.29, 1.82) is 0 Å². The second-order valence-electron chi connectivity index (χ2n) is 4.48. The van der Waals surface area contributed by atoms with Crippen molar-refractivity contribution in [3.63, 3.8) is 0 Å². The largest absolute Gasteiger partial charge is 0.0651 e. The first kappa shape index (κ1) is 12.3. The lowest BCUT2D eigenvalue weighted by atomic mass is 9.94. The van der Waals surface area contributed by atoms with E-state index in [0.29, 0.717) is 5.92 Å². The van der Waals surface area contributed by atoms with Gasteiger partial charge in [0.1, 0.15) is 0 Å². The Hall–Kier alpha value is -0.780.